The number of hydrogen-bond donors (Lipinski definition) is 0. The number of aromatic nitrogens is 1. The van der Waals surface area contributed by atoms with Gasteiger partial charge < -0.3 is 0 Å². The summed E-state index contributed by atoms with van der Waals surface area (Å²) in [6, 6.07) is 15.5. The number of amides is 1. The molecule has 0 aliphatic carbocycles. The first kappa shape index (κ1) is 15.2. The Bertz CT molecular complexity index is 782. The van der Waals surface area contributed by atoms with E-state index in [1.54, 1.807) is 18.1 Å². The molecule has 0 spiro atoms. The van der Waals surface area contributed by atoms with E-state index >= 15 is 0 Å². The minimum Gasteiger partial charge on any atom is -0.289 e. The fourth-order valence-corrected chi connectivity index (χ4v) is 2.92. The van der Waals surface area contributed by atoms with Crippen molar-refractivity contribution < 1.29 is 4.79 Å². The lowest BCUT2D eigenvalue weighted by molar-refractivity contribution is -0.121. The molecule has 1 saturated heterocycles. The molecule has 5 heteroatoms. The van der Waals surface area contributed by atoms with Crippen LogP contribution in [0, 0.1) is 0 Å². The first-order chi connectivity index (χ1) is 11.2. The summed E-state index contributed by atoms with van der Waals surface area (Å²) < 4.78 is 0. The number of amidine groups is 1. The van der Waals surface area contributed by atoms with Crippen molar-refractivity contribution in [3.63, 3.8) is 0 Å². The third-order valence-electron chi connectivity index (χ3n) is 3.20. The molecule has 2 heterocycles. The molecule has 1 aliphatic rings. The molecule has 0 N–H and O–H groups in total. The predicted molar refractivity (Wildman–Crippen MR) is 95.3 cm³/mol. The summed E-state index contributed by atoms with van der Waals surface area (Å²) in [6.45, 7) is 0. The summed E-state index contributed by atoms with van der Waals surface area (Å²) in [5.74, 6) is 0.540. The zero-order chi connectivity index (χ0) is 16.1. The van der Waals surface area contributed by atoms with E-state index in [-0.39, 0.29) is 5.91 Å². The van der Waals surface area contributed by atoms with Crippen LogP contribution < -0.4 is 0 Å². The third-order valence-corrected chi connectivity index (χ3v) is 4.28. The van der Waals surface area contributed by atoms with Crippen LogP contribution in [0.4, 0.5) is 5.82 Å². The van der Waals surface area contributed by atoms with Gasteiger partial charge in [0, 0.05) is 13.2 Å². The van der Waals surface area contributed by atoms with Gasteiger partial charge in [0.1, 0.15) is 0 Å². The van der Waals surface area contributed by atoms with Crippen molar-refractivity contribution in [1.82, 2.24) is 9.88 Å². The molecule has 0 saturated carbocycles. The second-order valence-electron chi connectivity index (χ2n) is 4.85. The molecule has 4 nitrogen and oxygen atoms in total. The topological polar surface area (TPSA) is 45.6 Å². The van der Waals surface area contributed by atoms with E-state index in [4.69, 9.17) is 0 Å². The Morgan fingerprint density at radius 3 is 2.65 bits per heavy atom. The average molecular weight is 321 g/mol. The Kier molecular flexibility index (Phi) is 4.68. The van der Waals surface area contributed by atoms with E-state index < -0.39 is 0 Å². The van der Waals surface area contributed by atoms with Crippen molar-refractivity contribution in [2.75, 3.05) is 7.05 Å². The fraction of sp³-hybridized carbons (Fsp3) is 0.0556. The Morgan fingerprint density at radius 2 is 1.91 bits per heavy atom. The number of carbonyl (C=O) groups excluding carboxylic acids is 1. The summed E-state index contributed by atoms with van der Waals surface area (Å²) in [4.78, 5) is 23.0. The number of hydrogen-bond acceptors (Lipinski definition) is 4. The quantitative estimate of drug-likeness (QED) is 0.806. The summed E-state index contributed by atoms with van der Waals surface area (Å²) in [7, 11) is 1.72. The minimum absolute atomic E-state index is 0.0533. The lowest BCUT2D eigenvalue weighted by atomic mass is 10.2. The van der Waals surface area contributed by atoms with Crippen molar-refractivity contribution in [2.45, 2.75) is 0 Å². The van der Waals surface area contributed by atoms with Crippen LogP contribution >= 0.6 is 11.8 Å². The van der Waals surface area contributed by atoms with Gasteiger partial charge in [-0.25, -0.2) is 9.98 Å². The van der Waals surface area contributed by atoms with Crippen molar-refractivity contribution in [3.8, 4) is 0 Å². The van der Waals surface area contributed by atoms with Gasteiger partial charge in [0.2, 0.25) is 0 Å². The van der Waals surface area contributed by atoms with Crippen LogP contribution in [0.25, 0.3) is 6.08 Å². The van der Waals surface area contributed by atoms with Crippen LogP contribution in [0.2, 0.25) is 0 Å². The van der Waals surface area contributed by atoms with E-state index in [2.05, 4.69) is 9.98 Å². The molecule has 23 heavy (non-hydrogen) atoms. The van der Waals surface area contributed by atoms with Crippen molar-refractivity contribution in [2.24, 2.45) is 4.99 Å². The maximum Gasteiger partial charge on any atom is 0.266 e. The van der Waals surface area contributed by atoms with Crippen LogP contribution in [-0.2, 0) is 4.79 Å². The Balaban J connectivity index is 1.77. The maximum absolute atomic E-state index is 12.2. The van der Waals surface area contributed by atoms with Crippen LogP contribution in [0.15, 0.2) is 76.8 Å². The second-order valence-corrected chi connectivity index (χ2v) is 5.86. The van der Waals surface area contributed by atoms with Crippen LogP contribution in [-0.4, -0.2) is 28.0 Å². The van der Waals surface area contributed by atoms with Crippen molar-refractivity contribution in [1.29, 1.82) is 0 Å². The standard InChI is InChI=1S/C18H15N3OS/c1-21-17(22)15(11-7-10-14-8-3-2-4-9-14)23-18(21)20-16-12-5-6-13-19-16/h2-13H,1H3/b10-7+,15-11-,20-18+. The Hall–Kier alpha value is -2.66. The number of pyridine rings is 1. The highest BCUT2D eigenvalue weighted by atomic mass is 32.2. The summed E-state index contributed by atoms with van der Waals surface area (Å²) in [5, 5.41) is 0.632. The van der Waals surface area contributed by atoms with E-state index in [0.717, 1.165) is 5.56 Å². The largest absolute Gasteiger partial charge is 0.289 e. The minimum atomic E-state index is -0.0533. The Labute approximate surface area is 139 Å². The Morgan fingerprint density at radius 1 is 1.13 bits per heavy atom. The number of nitrogens with zero attached hydrogens (tertiary/aromatic N) is 3. The summed E-state index contributed by atoms with van der Waals surface area (Å²) in [6.07, 6.45) is 7.35. The summed E-state index contributed by atoms with van der Waals surface area (Å²) >= 11 is 1.35. The highest BCUT2D eigenvalue weighted by molar-refractivity contribution is 8.18. The maximum atomic E-state index is 12.2. The first-order valence-electron chi connectivity index (χ1n) is 7.13. The highest BCUT2D eigenvalue weighted by Crippen LogP contribution is 2.31. The SMILES string of the molecule is CN1C(=O)/C(=C/C=C/c2ccccc2)S/C1=N/c1ccccn1. The zero-order valence-corrected chi connectivity index (χ0v) is 13.4. The molecule has 0 unspecified atom stereocenters. The zero-order valence-electron chi connectivity index (χ0n) is 12.6. The molecule has 1 aliphatic heterocycles. The number of aliphatic imine (C=N–C) groups is 1. The number of thioether (sulfide) groups is 1. The van der Waals surface area contributed by atoms with Gasteiger partial charge in [-0.1, -0.05) is 48.6 Å². The lowest BCUT2D eigenvalue weighted by Gasteiger charge is -2.06. The molecule has 0 bridgehead atoms. The van der Waals surface area contributed by atoms with Gasteiger partial charge in [-0.05, 0) is 35.5 Å². The van der Waals surface area contributed by atoms with Gasteiger partial charge in [-0.15, -0.1) is 0 Å². The number of carbonyl (C=O) groups is 1. The first-order valence-corrected chi connectivity index (χ1v) is 7.95. The van der Waals surface area contributed by atoms with Gasteiger partial charge in [-0.2, -0.15) is 0 Å². The van der Waals surface area contributed by atoms with Gasteiger partial charge in [0.05, 0.1) is 4.91 Å². The molecule has 114 valence electrons. The molecule has 1 fully saturated rings. The lowest BCUT2D eigenvalue weighted by Crippen LogP contribution is -2.23. The molecule has 0 atom stereocenters. The van der Waals surface area contributed by atoms with Gasteiger partial charge in [0.15, 0.2) is 11.0 Å². The second kappa shape index (κ2) is 7.07. The van der Waals surface area contributed by atoms with E-state index in [9.17, 15) is 4.79 Å². The van der Waals surface area contributed by atoms with E-state index in [1.807, 2.05) is 66.8 Å². The molecular weight excluding hydrogens is 306 g/mol. The smallest absolute Gasteiger partial charge is 0.266 e. The molecule has 2 aromatic rings. The van der Waals surface area contributed by atoms with Crippen LogP contribution in [0.3, 0.4) is 0 Å². The van der Waals surface area contributed by atoms with Crippen molar-refractivity contribution >= 4 is 34.7 Å². The molecule has 1 aromatic carbocycles. The highest BCUT2D eigenvalue weighted by Gasteiger charge is 2.29. The van der Waals surface area contributed by atoms with Crippen LogP contribution in [0.5, 0.6) is 0 Å². The average Bonchev–Trinajstić information content (AvgIpc) is 2.85. The normalized spacial score (nSPS) is 18.5. The number of likely N-dealkylation sites (N-methyl/N-ethyl adjacent to an activating group) is 1. The van der Waals surface area contributed by atoms with Gasteiger partial charge in [-0.3, -0.25) is 9.69 Å². The monoisotopic (exact) mass is 321 g/mol. The van der Waals surface area contributed by atoms with E-state index in [0.29, 0.717) is 15.9 Å². The van der Waals surface area contributed by atoms with Gasteiger partial charge in [0.25, 0.3) is 5.91 Å². The molecular formula is C18H15N3OS. The van der Waals surface area contributed by atoms with Gasteiger partial charge >= 0.3 is 0 Å². The molecule has 0 radical (unpaired) electrons. The number of rotatable bonds is 3. The third kappa shape index (κ3) is 3.76. The predicted octanol–water partition coefficient (Wildman–Crippen LogP) is 3.87. The number of benzene rings is 1. The van der Waals surface area contributed by atoms with Crippen LogP contribution in [0.1, 0.15) is 5.56 Å². The molecule has 3 rings (SSSR count). The molecule has 1 aromatic heterocycles. The van der Waals surface area contributed by atoms with E-state index in [1.165, 1.54) is 11.8 Å². The van der Waals surface area contributed by atoms with Crippen molar-refractivity contribution in [3.05, 3.63) is 77.3 Å². The fourth-order valence-electron chi connectivity index (χ4n) is 1.99. The number of allylic oxidation sites excluding steroid dienone is 2. The summed E-state index contributed by atoms with van der Waals surface area (Å²) in [5.41, 5.74) is 1.09. The molecule has 1 amide bonds.